The van der Waals surface area contributed by atoms with Crippen molar-refractivity contribution < 1.29 is 23.4 Å². The number of nitrogens with zero attached hydrogens (tertiary/aromatic N) is 4. The first-order valence-electron chi connectivity index (χ1n) is 11.1. The summed E-state index contributed by atoms with van der Waals surface area (Å²) in [5, 5.41) is 29.5. The lowest BCUT2D eigenvalue weighted by Crippen LogP contribution is -2.33. The van der Waals surface area contributed by atoms with Gasteiger partial charge in [-0.1, -0.05) is 38.1 Å². The Labute approximate surface area is 197 Å². The lowest BCUT2D eigenvalue weighted by atomic mass is 9.86. The van der Waals surface area contributed by atoms with Crippen LogP contribution in [0.3, 0.4) is 0 Å². The number of imidazole rings is 1. The summed E-state index contributed by atoms with van der Waals surface area (Å²) in [6, 6.07) is 8.38. The smallest absolute Gasteiger partial charge is 0.209 e. The van der Waals surface area contributed by atoms with Gasteiger partial charge in [0.15, 0.2) is 23.2 Å². The first kappa shape index (κ1) is 23.1. The summed E-state index contributed by atoms with van der Waals surface area (Å²) in [7, 11) is -3.73. The quantitative estimate of drug-likeness (QED) is 0.395. The predicted molar refractivity (Wildman–Crippen MR) is 124 cm³/mol. The number of aliphatic hydroxyl groups is 2. The van der Waals surface area contributed by atoms with Gasteiger partial charge in [0.2, 0.25) is 10.0 Å². The van der Waals surface area contributed by atoms with Crippen molar-refractivity contribution in [2.75, 3.05) is 11.1 Å². The van der Waals surface area contributed by atoms with E-state index in [9.17, 15) is 18.6 Å². The number of hydrogen-bond acceptors (Lipinski definition) is 9. The molecule has 3 heterocycles. The average Bonchev–Trinajstić information content (AvgIpc) is 3.40. The molecule has 5 N–H and O–H groups in total. The van der Waals surface area contributed by atoms with E-state index in [1.807, 2.05) is 12.1 Å². The summed E-state index contributed by atoms with van der Waals surface area (Å²) in [5.41, 5.74) is 3.46. The van der Waals surface area contributed by atoms with E-state index in [-0.39, 0.29) is 23.6 Å². The molecule has 2 unspecified atom stereocenters. The highest BCUT2D eigenvalue weighted by Gasteiger charge is 2.44. The van der Waals surface area contributed by atoms with E-state index in [0.29, 0.717) is 17.0 Å². The Morgan fingerprint density at radius 2 is 1.97 bits per heavy atom. The minimum absolute atomic E-state index is 0.0176. The summed E-state index contributed by atoms with van der Waals surface area (Å²) in [4.78, 5) is 13.2. The number of primary sulfonamides is 1. The number of hydrogen-bond donors (Lipinski definition) is 4. The van der Waals surface area contributed by atoms with Crippen LogP contribution in [-0.4, -0.2) is 62.2 Å². The molecule has 5 atom stereocenters. The van der Waals surface area contributed by atoms with Crippen LogP contribution in [0.1, 0.15) is 50.1 Å². The van der Waals surface area contributed by atoms with Gasteiger partial charge in [-0.05, 0) is 29.4 Å². The average molecular weight is 489 g/mol. The van der Waals surface area contributed by atoms with E-state index < -0.39 is 34.6 Å². The van der Waals surface area contributed by atoms with Gasteiger partial charge in [-0.15, -0.1) is 0 Å². The molecule has 34 heavy (non-hydrogen) atoms. The van der Waals surface area contributed by atoms with Gasteiger partial charge in [0.25, 0.3) is 0 Å². The van der Waals surface area contributed by atoms with E-state index in [1.165, 1.54) is 28.3 Å². The number of nitrogens with one attached hydrogen (secondary N) is 1. The van der Waals surface area contributed by atoms with Gasteiger partial charge >= 0.3 is 0 Å². The fraction of sp³-hybridized carbons (Fsp3) is 0.500. The normalized spacial score (nSPS) is 28.3. The van der Waals surface area contributed by atoms with E-state index >= 15 is 0 Å². The zero-order valence-electron chi connectivity index (χ0n) is 18.9. The number of benzene rings is 1. The third kappa shape index (κ3) is 4.05. The Morgan fingerprint density at radius 1 is 1.21 bits per heavy atom. The molecule has 1 aromatic carbocycles. The standard InChI is InChI=1S/C22H28N6O5S/c1-22(2)9-14(12-5-3-4-6-13(12)22)27-19-16-20(25-10-24-19)28(11-26-16)21-18(30)17(29)15(33-21)7-8-34(23,31)32/h3-6,10-11,14-15,17-18,21,29-30H,7-9H2,1-2H3,(H2,23,31,32)(H,24,25,27)/t14?,15-,17-,18-,21?/m1/s1. The Morgan fingerprint density at radius 3 is 2.74 bits per heavy atom. The van der Waals surface area contributed by atoms with Crippen molar-refractivity contribution >= 4 is 27.0 Å². The zero-order chi connectivity index (χ0) is 24.3. The molecular weight excluding hydrogens is 460 g/mol. The lowest BCUT2D eigenvalue weighted by molar-refractivity contribution is -0.0353. The number of aromatic nitrogens is 4. The number of anilines is 1. The molecule has 0 amide bonds. The van der Waals surface area contributed by atoms with Gasteiger partial charge in [0, 0.05) is 0 Å². The Balaban J connectivity index is 1.42. The number of rotatable bonds is 6. The van der Waals surface area contributed by atoms with E-state index in [0.717, 1.165) is 6.42 Å². The molecule has 2 aliphatic rings. The molecule has 11 nitrogen and oxygen atoms in total. The van der Waals surface area contributed by atoms with Crippen LogP contribution in [-0.2, 0) is 20.2 Å². The molecule has 1 aliphatic carbocycles. The topological polar surface area (TPSA) is 165 Å². The van der Waals surface area contributed by atoms with Crippen molar-refractivity contribution in [2.45, 2.75) is 62.7 Å². The van der Waals surface area contributed by atoms with Crippen LogP contribution in [0.2, 0.25) is 0 Å². The van der Waals surface area contributed by atoms with Crippen LogP contribution in [0.4, 0.5) is 5.82 Å². The summed E-state index contributed by atoms with van der Waals surface area (Å²) >= 11 is 0. The highest BCUT2D eigenvalue weighted by atomic mass is 32.2. The molecule has 1 aliphatic heterocycles. The lowest BCUT2D eigenvalue weighted by Gasteiger charge is -2.20. The maximum atomic E-state index is 11.3. The minimum Gasteiger partial charge on any atom is -0.388 e. The number of nitrogens with two attached hydrogens (primary N) is 1. The Bertz CT molecular complexity index is 1330. The molecular formula is C22H28N6O5S. The maximum Gasteiger partial charge on any atom is 0.209 e. The molecule has 0 radical (unpaired) electrons. The summed E-state index contributed by atoms with van der Waals surface area (Å²) in [6.07, 6.45) is -0.727. The fourth-order valence-electron chi connectivity index (χ4n) is 5.06. The van der Waals surface area contributed by atoms with E-state index in [2.05, 4.69) is 46.2 Å². The molecule has 5 rings (SSSR count). The fourth-order valence-corrected chi connectivity index (χ4v) is 5.62. The highest BCUT2D eigenvalue weighted by Crippen LogP contribution is 2.46. The van der Waals surface area contributed by atoms with Crippen LogP contribution in [0.25, 0.3) is 11.2 Å². The molecule has 1 saturated heterocycles. The second-order valence-electron chi connectivity index (χ2n) is 9.62. The minimum atomic E-state index is -3.73. The third-order valence-electron chi connectivity index (χ3n) is 6.75. The molecule has 3 aromatic rings. The van der Waals surface area contributed by atoms with Gasteiger partial charge < -0.3 is 20.3 Å². The van der Waals surface area contributed by atoms with E-state index in [4.69, 9.17) is 9.88 Å². The van der Waals surface area contributed by atoms with Crippen LogP contribution >= 0.6 is 0 Å². The molecule has 182 valence electrons. The molecule has 1 fully saturated rings. The summed E-state index contributed by atoms with van der Waals surface area (Å²) in [5.74, 6) is 0.189. The first-order valence-corrected chi connectivity index (χ1v) is 12.8. The van der Waals surface area contributed by atoms with E-state index in [1.54, 1.807) is 0 Å². The molecule has 0 spiro atoms. The van der Waals surface area contributed by atoms with Crippen LogP contribution in [0, 0.1) is 0 Å². The molecule has 0 bridgehead atoms. The van der Waals surface area contributed by atoms with Gasteiger partial charge in [0.1, 0.15) is 18.5 Å². The monoisotopic (exact) mass is 488 g/mol. The Hall–Kier alpha value is -2.64. The Kier molecular flexibility index (Phi) is 5.60. The van der Waals surface area contributed by atoms with Crippen molar-refractivity contribution in [1.29, 1.82) is 0 Å². The van der Waals surface area contributed by atoms with Crippen molar-refractivity contribution in [3.63, 3.8) is 0 Å². The predicted octanol–water partition coefficient (Wildman–Crippen LogP) is 0.959. The van der Waals surface area contributed by atoms with Gasteiger partial charge in [0.05, 0.1) is 24.2 Å². The number of sulfonamides is 1. The van der Waals surface area contributed by atoms with Gasteiger partial charge in [-0.25, -0.2) is 28.5 Å². The van der Waals surface area contributed by atoms with Crippen molar-refractivity contribution in [3.05, 3.63) is 48.0 Å². The third-order valence-corrected chi connectivity index (χ3v) is 7.55. The highest BCUT2D eigenvalue weighted by molar-refractivity contribution is 7.89. The maximum absolute atomic E-state index is 11.3. The van der Waals surface area contributed by atoms with Crippen LogP contribution < -0.4 is 10.5 Å². The number of fused-ring (bicyclic) bond motifs is 2. The first-order chi connectivity index (χ1) is 16.0. The number of ether oxygens (including phenoxy) is 1. The summed E-state index contributed by atoms with van der Waals surface area (Å²) in [6.45, 7) is 4.43. The van der Waals surface area contributed by atoms with Gasteiger partial charge in [-0.3, -0.25) is 4.57 Å². The van der Waals surface area contributed by atoms with Gasteiger partial charge in [-0.2, -0.15) is 0 Å². The van der Waals surface area contributed by atoms with Crippen LogP contribution in [0.5, 0.6) is 0 Å². The molecule has 0 saturated carbocycles. The zero-order valence-corrected chi connectivity index (χ0v) is 19.7. The second-order valence-corrected chi connectivity index (χ2v) is 11.4. The SMILES string of the molecule is CC1(C)CC(Nc2ncnc3c2ncn3C2O[C@H](CCS(N)(=O)=O)[C@@H](O)[C@H]2O)c2ccccc21. The molecule has 12 heteroatoms. The van der Waals surface area contributed by atoms with Crippen molar-refractivity contribution in [1.82, 2.24) is 19.5 Å². The molecule has 2 aromatic heterocycles. The second kappa shape index (κ2) is 8.24. The van der Waals surface area contributed by atoms with Crippen LogP contribution in [0.15, 0.2) is 36.9 Å². The largest absolute Gasteiger partial charge is 0.388 e. The van der Waals surface area contributed by atoms with Crippen molar-refractivity contribution in [2.24, 2.45) is 5.14 Å². The van der Waals surface area contributed by atoms with Crippen molar-refractivity contribution in [3.8, 4) is 0 Å². The number of aliphatic hydroxyl groups excluding tert-OH is 2. The summed E-state index contributed by atoms with van der Waals surface area (Å²) < 4.78 is 29.9.